The van der Waals surface area contributed by atoms with Gasteiger partial charge in [0, 0.05) is 24.1 Å². The number of nitrogens with one attached hydrogen (secondary N) is 2. The van der Waals surface area contributed by atoms with E-state index in [1.54, 1.807) is 0 Å². The van der Waals surface area contributed by atoms with Crippen LogP contribution in [-0.2, 0) is 4.79 Å². The summed E-state index contributed by atoms with van der Waals surface area (Å²) in [6.07, 6.45) is 5.31. The molecule has 2 fully saturated rings. The summed E-state index contributed by atoms with van der Waals surface area (Å²) in [5.41, 5.74) is 0.880. The lowest BCUT2D eigenvalue weighted by Gasteiger charge is -2.28. The average Bonchev–Trinajstić information content (AvgIpc) is 3.22. The van der Waals surface area contributed by atoms with Crippen LogP contribution in [0.25, 0.3) is 11.5 Å². The topological polar surface area (TPSA) is 80.0 Å². The van der Waals surface area contributed by atoms with E-state index in [0.717, 1.165) is 18.4 Å². The number of carbonyl (C=O) groups is 1. The van der Waals surface area contributed by atoms with Crippen molar-refractivity contribution in [2.75, 3.05) is 0 Å². The van der Waals surface area contributed by atoms with Gasteiger partial charge in [-0.2, -0.15) is 4.98 Å². The number of hydrogen-bond donors (Lipinski definition) is 2. The van der Waals surface area contributed by atoms with E-state index in [9.17, 15) is 4.79 Å². The molecule has 0 radical (unpaired) electrons. The third-order valence-electron chi connectivity index (χ3n) is 5.27. The minimum atomic E-state index is -0.257. The van der Waals surface area contributed by atoms with E-state index in [1.165, 1.54) is 12.8 Å². The Balaban J connectivity index is 0.00000196. The van der Waals surface area contributed by atoms with Crippen LogP contribution in [-0.4, -0.2) is 28.1 Å². The smallest absolute Gasteiger partial charge is 0.257 e. The Labute approximate surface area is 159 Å². The van der Waals surface area contributed by atoms with Gasteiger partial charge in [-0.3, -0.25) is 4.79 Å². The highest BCUT2D eigenvalue weighted by Crippen LogP contribution is 2.32. The van der Waals surface area contributed by atoms with Gasteiger partial charge >= 0.3 is 0 Å². The maximum absolute atomic E-state index is 12.4. The Bertz CT molecular complexity index is 724. The molecule has 2 aliphatic rings. The van der Waals surface area contributed by atoms with Crippen molar-refractivity contribution in [1.82, 2.24) is 20.8 Å². The molecular weight excluding hydrogens is 352 g/mol. The van der Waals surface area contributed by atoms with E-state index in [0.29, 0.717) is 36.1 Å². The fourth-order valence-electron chi connectivity index (χ4n) is 4.08. The molecule has 2 saturated heterocycles. The summed E-state index contributed by atoms with van der Waals surface area (Å²) in [6.45, 7) is 1.89. The molecule has 26 heavy (non-hydrogen) atoms. The maximum atomic E-state index is 12.4. The zero-order valence-electron chi connectivity index (χ0n) is 14.9. The van der Waals surface area contributed by atoms with Gasteiger partial charge in [0.25, 0.3) is 5.89 Å². The molecule has 3 unspecified atom stereocenters. The van der Waals surface area contributed by atoms with Crippen molar-refractivity contribution in [3.8, 4) is 11.5 Å². The van der Waals surface area contributed by atoms with Gasteiger partial charge in [-0.15, -0.1) is 12.4 Å². The van der Waals surface area contributed by atoms with E-state index in [2.05, 4.69) is 20.8 Å². The zero-order valence-corrected chi connectivity index (χ0v) is 15.7. The molecule has 1 aromatic heterocycles. The van der Waals surface area contributed by atoms with Crippen LogP contribution in [0.1, 0.15) is 50.9 Å². The molecule has 7 heteroatoms. The Morgan fingerprint density at radius 1 is 1.27 bits per heavy atom. The second-order valence-corrected chi connectivity index (χ2v) is 7.29. The Kier molecular flexibility index (Phi) is 5.94. The highest BCUT2D eigenvalue weighted by molar-refractivity contribution is 5.85. The molecule has 2 aliphatic heterocycles. The largest absolute Gasteiger partial charge is 0.346 e. The van der Waals surface area contributed by atoms with E-state index in [1.807, 2.05) is 37.3 Å². The minimum absolute atomic E-state index is 0. The molecule has 3 atom stereocenters. The highest BCUT2D eigenvalue weighted by Gasteiger charge is 2.34. The van der Waals surface area contributed by atoms with Crippen LogP contribution in [0.15, 0.2) is 34.9 Å². The van der Waals surface area contributed by atoms with Gasteiger partial charge in [0.15, 0.2) is 5.82 Å². The summed E-state index contributed by atoms with van der Waals surface area (Å²) in [5.74, 6) is 1.55. The van der Waals surface area contributed by atoms with Gasteiger partial charge in [-0.1, -0.05) is 23.4 Å². The van der Waals surface area contributed by atoms with Gasteiger partial charge < -0.3 is 15.2 Å². The van der Waals surface area contributed by atoms with Crippen molar-refractivity contribution < 1.29 is 9.32 Å². The molecule has 2 bridgehead atoms. The molecule has 0 aliphatic carbocycles. The number of carbonyl (C=O) groups excluding carboxylic acids is 1. The van der Waals surface area contributed by atoms with Crippen LogP contribution in [0.4, 0.5) is 0 Å². The molecule has 1 aromatic carbocycles. The van der Waals surface area contributed by atoms with Crippen molar-refractivity contribution >= 4 is 18.3 Å². The molecule has 0 saturated carbocycles. The number of halogens is 1. The van der Waals surface area contributed by atoms with Gasteiger partial charge in [0.2, 0.25) is 5.91 Å². The number of aromatic nitrogens is 2. The minimum Gasteiger partial charge on any atom is -0.346 e. The summed E-state index contributed by atoms with van der Waals surface area (Å²) < 4.78 is 5.32. The average molecular weight is 377 g/mol. The van der Waals surface area contributed by atoms with Crippen LogP contribution < -0.4 is 10.6 Å². The number of rotatable bonds is 5. The lowest BCUT2D eigenvalue weighted by Crippen LogP contribution is -2.40. The molecule has 2 aromatic rings. The van der Waals surface area contributed by atoms with E-state index >= 15 is 0 Å². The van der Waals surface area contributed by atoms with Crippen molar-refractivity contribution in [1.29, 1.82) is 0 Å². The van der Waals surface area contributed by atoms with Crippen molar-refractivity contribution in [3.63, 3.8) is 0 Å². The first-order chi connectivity index (χ1) is 12.2. The SMILES string of the molecule is CC(NC(=O)CC1CC2CCC(C1)N2)c1noc(-c2ccccc2)n1.Cl. The third-order valence-corrected chi connectivity index (χ3v) is 5.27. The van der Waals surface area contributed by atoms with E-state index < -0.39 is 0 Å². The summed E-state index contributed by atoms with van der Waals surface area (Å²) in [6, 6.07) is 10.6. The van der Waals surface area contributed by atoms with Crippen LogP contribution in [0.2, 0.25) is 0 Å². The quantitative estimate of drug-likeness (QED) is 0.837. The van der Waals surface area contributed by atoms with Crippen LogP contribution in [0.3, 0.4) is 0 Å². The van der Waals surface area contributed by atoms with Crippen molar-refractivity contribution in [2.24, 2.45) is 5.92 Å². The van der Waals surface area contributed by atoms with Gasteiger partial charge in [0.1, 0.15) is 0 Å². The molecule has 4 rings (SSSR count). The summed E-state index contributed by atoms with van der Waals surface area (Å²) in [7, 11) is 0. The summed E-state index contributed by atoms with van der Waals surface area (Å²) in [5, 5.41) is 10.6. The zero-order chi connectivity index (χ0) is 17.2. The Hall–Kier alpha value is -1.92. The van der Waals surface area contributed by atoms with Crippen LogP contribution in [0.5, 0.6) is 0 Å². The van der Waals surface area contributed by atoms with Gasteiger partial charge in [-0.25, -0.2) is 0 Å². The van der Waals surface area contributed by atoms with Crippen molar-refractivity contribution in [2.45, 2.75) is 57.2 Å². The molecule has 6 nitrogen and oxygen atoms in total. The predicted molar refractivity (Wildman–Crippen MR) is 101 cm³/mol. The molecule has 140 valence electrons. The number of nitrogens with zero attached hydrogens (tertiary/aromatic N) is 2. The first-order valence-corrected chi connectivity index (χ1v) is 9.12. The van der Waals surface area contributed by atoms with Crippen LogP contribution in [0, 0.1) is 5.92 Å². The predicted octanol–water partition coefficient (Wildman–Crippen LogP) is 3.26. The standard InChI is InChI=1S/C19H24N4O2.ClH/c1-12(18-22-19(25-23-18)14-5-3-2-4-6-14)20-17(24)11-13-9-15-7-8-16(10-13)21-15;/h2-6,12-13,15-16,21H,7-11H2,1H3,(H,20,24);1H. The number of fused-ring (bicyclic) bond motifs is 2. The fraction of sp³-hybridized carbons (Fsp3) is 0.526. The van der Waals surface area contributed by atoms with Gasteiger partial charge in [0.05, 0.1) is 6.04 Å². The second-order valence-electron chi connectivity index (χ2n) is 7.29. The normalized spacial score (nSPS) is 25.3. The first-order valence-electron chi connectivity index (χ1n) is 9.12. The highest BCUT2D eigenvalue weighted by atomic mass is 35.5. The summed E-state index contributed by atoms with van der Waals surface area (Å²) in [4.78, 5) is 16.8. The lowest BCUT2D eigenvalue weighted by molar-refractivity contribution is -0.123. The monoisotopic (exact) mass is 376 g/mol. The molecule has 2 N–H and O–H groups in total. The Morgan fingerprint density at radius 3 is 2.65 bits per heavy atom. The number of piperidine rings is 1. The lowest BCUT2D eigenvalue weighted by atomic mass is 9.89. The number of amides is 1. The first kappa shape index (κ1) is 18.9. The molecule has 0 spiro atoms. The van der Waals surface area contributed by atoms with Crippen LogP contribution >= 0.6 is 12.4 Å². The number of hydrogen-bond acceptors (Lipinski definition) is 5. The third kappa shape index (κ3) is 4.24. The fourth-order valence-corrected chi connectivity index (χ4v) is 4.08. The number of benzene rings is 1. The molecular formula is C19H25ClN4O2. The van der Waals surface area contributed by atoms with E-state index in [-0.39, 0.29) is 24.4 Å². The van der Waals surface area contributed by atoms with E-state index in [4.69, 9.17) is 4.52 Å². The van der Waals surface area contributed by atoms with Gasteiger partial charge in [-0.05, 0) is 50.7 Å². The maximum Gasteiger partial charge on any atom is 0.257 e. The second kappa shape index (κ2) is 8.18. The molecule has 3 heterocycles. The Morgan fingerprint density at radius 2 is 1.96 bits per heavy atom. The molecule has 1 amide bonds. The van der Waals surface area contributed by atoms with Crippen molar-refractivity contribution in [3.05, 3.63) is 36.2 Å². The summed E-state index contributed by atoms with van der Waals surface area (Å²) >= 11 is 0.